The molecule has 0 amide bonds. The fourth-order valence-corrected chi connectivity index (χ4v) is 2.98. The van der Waals surface area contributed by atoms with Crippen molar-refractivity contribution >= 4 is 11.6 Å². The first kappa shape index (κ1) is 14.7. The van der Waals surface area contributed by atoms with Crippen LogP contribution in [0.3, 0.4) is 0 Å². The number of rotatable bonds is 4. The van der Waals surface area contributed by atoms with Gasteiger partial charge in [0.2, 0.25) is 0 Å². The Hall–Kier alpha value is -0.670. The van der Waals surface area contributed by atoms with Gasteiger partial charge in [-0.1, -0.05) is 13.0 Å². The Morgan fingerprint density at radius 3 is 2.58 bits per heavy atom. The van der Waals surface area contributed by atoms with E-state index >= 15 is 0 Å². The molecule has 0 unspecified atom stereocenters. The maximum atomic E-state index is 13.6. The maximum Gasteiger partial charge on any atom is 0.130 e. The van der Waals surface area contributed by atoms with E-state index in [4.69, 9.17) is 11.6 Å². The lowest BCUT2D eigenvalue weighted by molar-refractivity contribution is 0.215. The van der Waals surface area contributed by atoms with E-state index in [2.05, 4.69) is 12.2 Å². The standard InChI is InChI=1S/C15H20ClF2N/c1-11-4-6-15(10-16,7-5-11)19-9-12-2-3-13(17)8-14(12)18/h2-3,8,11,19H,4-7,9-10H2,1H3. The van der Waals surface area contributed by atoms with Gasteiger partial charge in [0.15, 0.2) is 0 Å². The number of halogens is 3. The second kappa shape index (κ2) is 6.19. The van der Waals surface area contributed by atoms with Crippen LogP contribution < -0.4 is 5.32 Å². The van der Waals surface area contributed by atoms with Gasteiger partial charge in [0.25, 0.3) is 0 Å². The van der Waals surface area contributed by atoms with E-state index in [9.17, 15) is 8.78 Å². The summed E-state index contributed by atoms with van der Waals surface area (Å²) >= 11 is 6.10. The van der Waals surface area contributed by atoms with Crippen LogP contribution in [-0.4, -0.2) is 11.4 Å². The van der Waals surface area contributed by atoms with Gasteiger partial charge in [-0.15, -0.1) is 11.6 Å². The van der Waals surface area contributed by atoms with Crippen LogP contribution in [0.1, 0.15) is 38.2 Å². The van der Waals surface area contributed by atoms with Crippen LogP contribution in [-0.2, 0) is 6.54 Å². The molecule has 1 aromatic rings. The average molecular weight is 288 g/mol. The summed E-state index contributed by atoms with van der Waals surface area (Å²) in [7, 11) is 0. The molecule has 1 saturated carbocycles. The molecular formula is C15H20ClF2N. The number of hydrogen-bond acceptors (Lipinski definition) is 1. The second-order valence-corrected chi connectivity index (χ2v) is 5.95. The summed E-state index contributed by atoms with van der Waals surface area (Å²) in [6, 6.07) is 3.70. The van der Waals surface area contributed by atoms with Gasteiger partial charge < -0.3 is 5.32 Å². The Labute approximate surface area is 118 Å². The topological polar surface area (TPSA) is 12.0 Å². The normalized spacial score (nSPS) is 27.5. The third kappa shape index (κ3) is 3.67. The molecule has 0 heterocycles. The van der Waals surface area contributed by atoms with Crippen molar-refractivity contribution < 1.29 is 8.78 Å². The molecule has 4 heteroatoms. The average Bonchev–Trinajstić information content (AvgIpc) is 2.40. The van der Waals surface area contributed by atoms with Crippen molar-refractivity contribution in [2.45, 2.75) is 44.7 Å². The van der Waals surface area contributed by atoms with Crippen molar-refractivity contribution in [1.29, 1.82) is 0 Å². The highest BCUT2D eigenvalue weighted by molar-refractivity contribution is 6.18. The summed E-state index contributed by atoms with van der Waals surface area (Å²) in [5, 5.41) is 3.39. The van der Waals surface area contributed by atoms with Gasteiger partial charge in [0, 0.05) is 29.6 Å². The van der Waals surface area contributed by atoms with Crippen molar-refractivity contribution in [2.75, 3.05) is 5.88 Å². The van der Waals surface area contributed by atoms with E-state index in [0.717, 1.165) is 37.7 Å². The minimum Gasteiger partial charge on any atom is -0.306 e. The zero-order valence-electron chi connectivity index (χ0n) is 11.2. The predicted molar refractivity (Wildman–Crippen MR) is 74.3 cm³/mol. The SMILES string of the molecule is CC1CCC(CCl)(NCc2ccc(F)cc2F)CC1. The zero-order chi connectivity index (χ0) is 13.9. The first-order valence-corrected chi connectivity index (χ1v) is 7.33. The van der Waals surface area contributed by atoms with Gasteiger partial charge in [0.05, 0.1) is 0 Å². The van der Waals surface area contributed by atoms with Gasteiger partial charge in [-0.3, -0.25) is 0 Å². The van der Waals surface area contributed by atoms with Crippen molar-refractivity contribution in [3.8, 4) is 0 Å². The maximum absolute atomic E-state index is 13.6. The predicted octanol–water partition coefficient (Wildman–Crippen LogP) is 4.24. The summed E-state index contributed by atoms with van der Waals surface area (Å²) in [6.45, 7) is 2.64. The molecule has 1 N–H and O–H groups in total. The highest BCUT2D eigenvalue weighted by Crippen LogP contribution is 2.33. The molecule has 0 atom stereocenters. The molecular weight excluding hydrogens is 268 g/mol. The summed E-state index contributed by atoms with van der Waals surface area (Å²) in [6.07, 6.45) is 4.32. The third-order valence-corrected chi connectivity index (χ3v) is 4.67. The van der Waals surface area contributed by atoms with Crippen molar-refractivity contribution in [1.82, 2.24) is 5.32 Å². The largest absolute Gasteiger partial charge is 0.306 e. The van der Waals surface area contributed by atoms with Crippen LogP contribution in [0, 0.1) is 17.6 Å². The van der Waals surface area contributed by atoms with Gasteiger partial charge in [0.1, 0.15) is 11.6 Å². The Bertz CT molecular complexity index is 428. The molecule has 1 fully saturated rings. The summed E-state index contributed by atoms with van der Waals surface area (Å²) < 4.78 is 26.4. The minimum atomic E-state index is -0.542. The Balaban J connectivity index is 2.00. The third-order valence-electron chi connectivity index (χ3n) is 4.16. The molecule has 0 saturated heterocycles. The molecule has 1 aliphatic carbocycles. The summed E-state index contributed by atoms with van der Waals surface area (Å²) in [4.78, 5) is 0. The molecule has 106 valence electrons. The lowest BCUT2D eigenvalue weighted by Crippen LogP contribution is -2.49. The van der Waals surface area contributed by atoms with Crippen LogP contribution >= 0.6 is 11.6 Å². The van der Waals surface area contributed by atoms with E-state index in [1.54, 1.807) is 0 Å². The molecule has 0 spiro atoms. The summed E-state index contributed by atoms with van der Waals surface area (Å²) in [5.41, 5.74) is 0.388. The van der Waals surface area contributed by atoms with Crippen LogP contribution in [0.5, 0.6) is 0 Å². The van der Waals surface area contributed by atoms with Gasteiger partial charge in [-0.05, 0) is 37.7 Å². The van der Waals surface area contributed by atoms with Crippen LogP contribution in [0.15, 0.2) is 18.2 Å². The van der Waals surface area contributed by atoms with Gasteiger partial charge >= 0.3 is 0 Å². The van der Waals surface area contributed by atoms with Crippen LogP contribution in [0.25, 0.3) is 0 Å². The monoisotopic (exact) mass is 287 g/mol. The lowest BCUT2D eigenvalue weighted by atomic mass is 9.78. The van der Waals surface area contributed by atoms with E-state index < -0.39 is 11.6 Å². The Kier molecular flexibility index (Phi) is 4.80. The van der Waals surface area contributed by atoms with Crippen molar-refractivity contribution in [3.05, 3.63) is 35.4 Å². The van der Waals surface area contributed by atoms with E-state index in [1.165, 1.54) is 12.1 Å². The van der Waals surface area contributed by atoms with E-state index in [-0.39, 0.29) is 5.54 Å². The van der Waals surface area contributed by atoms with Crippen molar-refractivity contribution in [2.24, 2.45) is 5.92 Å². The van der Waals surface area contributed by atoms with Crippen LogP contribution in [0.2, 0.25) is 0 Å². The number of alkyl halides is 1. The first-order valence-electron chi connectivity index (χ1n) is 6.79. The highest BCUT2D eigenvalue weighted by atomic mass is 35.5. The van der Waals surface area contributed by atoms with Gasteiger partial charge in [-0.2, -0.15) is 0 Å². The molecule has 1 aromatic carbocycles. The lowest BCUT2D eigenvalue weighted by Gasteiger charge is -2.39. The first-order chi connectivity index (χ1) is 9.04. The number of nitrogens with one attached hydrogen (secondary N) is 1. The molecule has 19 heavy (non-hydrogen) atoms. The second-order valence-electron chi connectivity index (χ2n) is 5.69. The smallest absolute Gasteiger partial charge is 0.130 e. The fourth-order valence-electron chi connectivity index (χ4n) is 2.62. The highest BCUT2D eigenvalue weighted by Gasteiger charge is 2.32. The Morgan fingerprint density at radius 1 is 1.32 bits per heavy atom. The van der Waals surface area contributed by atoms with Crippen molar-refractivity contribution in [3.63, 3.8) is 0 Å². The molecule has 1 aliphatic rings. The zero-order valence-corrected chi connectivity index (χ0v) is 11.9. The Morgan fingerprint density at radius 2 is 2.00 bits per heavy atom. The van der Waals surface area contributed by atoms with Gasteiger partial charge in [-0.25, -0.2) is 8.78 Å². The number of hydrogen-bond donors (Lipinski definition) is 1. The molecule has 0 aliphatic heterocycles. The molecule has 0 bridgehead atoms. The molecule has 0 aromatic heterocycles. The van der Waals surface area contributed by atoms with E-state index in [0.29, 0.717) is 18.0 Å². The number of benzene rings is 1. The quantitative estimate of drug-likeness (QED) is 0.817. The van der Waals surface area contributed by atoms with E-state index in [1.807, 2.05) is 0 Å². The molecule has 1 nitrogen and oxygen atoms in total. The molecule has 0 radical (unpaired) electrons. The van der Waals surface area contributed by atoms with Crippen LogP contribution in [0.4, 0.5) is 8.78 Å². The minimum absolute atomic E-state index is 0.102. The fraction of sp³-hybridized carbons (Fsp3) is 0.600. The summed E-state index contributed by atoms with van der Waals surface area (Å²) in [5.74, 6) is 0.226. The molecule has 2 rings (SSSR count).